The van der Waals surface area contributed by atoms with Crippen LogP contribution in [0.25, 0.3) is 10.9 Å². The average Bonchev–Trinajstić information content (AvgIpc) is 2.86. The van der Waals surface area contributed by atoms with E-state index in [1.54, 1.807) is 6.21 Å². The van der Waals surface area contributed by atoms with E-state index in [4.69, 9.17) is 23.2 Å². The van der Waals surface area contributed by atoms with E-state index in [1.807, 2.05) is 30.5 Å². The number of para-hydroxylation sites is 1. The van der Waals surface area contributed by atoms with Crippen LogP contribution in [0.1, 0.15) is 5.56 Å². The highest BCUT2D eigenvalue weighted by Gasteiger charge is 2.04. The van der Waals surface area contributed by atoms with Crippen molar-refractivity contribution < 1.29 is 0 Å². The average molecular weight is 305 g/mol. The fraction of sp³-hybridized carbons (Fsp3) is 0. The first-order valence-electron chi connectivity index (χ1n) is 5.90. The highest BCUT2D eigenvalue weighted by atomic mass is 35.5. The zero-order valence-corrected chi connectivity index (χ0v) is 11.8. The molecule has 0 aliphatic rings. The molecule has 0 aliphatic carbocycles. The molecule has 0 saturated heterocycles. The van der Waals surface area contributed by atoms with Crippen LogP contribution in [0.15, 0.2) is 48.0 Å². The lowest BCUT2D eigenvalue weighted by molar-refractivity contribution is 1.28. The molecule has 1 aromatic carbocycles. The Morgan fingerprint density at radius 1 is 1.15 bits per heavy atom. The van der Waals surface area contributed by atoms with Crippen LogP contribution >= 0.6 is 23.2 Å². The van der Waals surface area contributed by atoms with Gasteiger partial charge in [-0.15, -0.1) is 0 Å². The molecule has 0 fully saturated rings. The molecule has 0 atom stereocenters. The van der Waals surface area contributed by atoms with Crippen LogP contribution < -0.4 is 5.43 Å². The lowest BCUT2D eigenvalue weighted by Gasteiger charge is -2.04. The van der Waals surface area contributed by atoms with Crippen molar-refractivity contribution in [2.75, 3.05) is 5.43 Å². The number of halogens is 2. The summed E-state index contributed by atoms with van der Waals surface area (Å²) in [5.41, 5.74) is 5.42. The predicted octanol–water partition coefficient (Wildman–Crippen LogP) is 4.32. The molecule has 2 heterocycles. The Hall–Kier alpha value is -2.04. The number of hydrazone groups is 1. The molecule has 0 aliphatic heterocycles. The number of aromatic nitrogens is 2. The van der Waals surface area contributed by atoms with E-state index in [-0.39, 0.29) is 0 Å². The molecule has 0 radical (unpaired) electrons. The number of nitrogens with zero attached hydrogens (tertiary/aromatic N) is 2. The Morgan fingerprint density at radius 3 is 2.70 bits per heavy atom. The molecule has 2 aromatic heterocycles. The maximum absolute atomic E-state index is 6.00. The number of aromatic amines is 1. The molecule has 2 N–H and O–H groups in total. The second-order valence-corrected chi connectivity index (χ2v) is 4.95. The van der Waals surface area contributed by atoms with Crippen LogP contribution in [-0.4, -0.2) is 16.2 Å². The van der Waals surface area contributed by atoms with E-state index in [2.05, 4.69) is 20.5 Å². The third-order valence-electron chi connectivity index (χ3n) is 2.85. The lowest BCUT2D eigenvalue weighted by atomic mass is 10.2. The number of benzene rings is 1. The van der Waals surface area contributed by atoms with Crippen molar-refractivity contribution in [1.82, 2.24) is 9.97 Å². The summed E-state index contributed by atoms with van der Waals surface area (Å²) in [4.78, 5) is 7.06. The first kappa shape index (κ1) is 13.0. The standard InChI is InChI=1S/C14H10Cl2N4/c15-11-7-17-8-12(16)14(11)20-19-6-9-5-18-13-4-2-1-3-10(9)13/h1-8,18H,(H,17,20)/b19-6-. The van der Waals surface area contributed by atoms with Crippen molar-refractivity contribution in [3.63, 3.8) is 0 Å². The van der Waals surface area contributed by atoms with Crippen molar-refractivity contribution in [3.8, 4) is 0 Å². The number of fused-ring (bicyclic) bond motifs is 1. The first-order valence-corrected chi connectivity index (χ1v) is 6.65. The van der Waals surface area contributed by atoms with E-state index < -0.39 is 0 Å². The van der Waals surface area contributed by atoms with Crippen LogP contribution in [-0.2, 0) is 0 Å². The first-order chi connectivity index (χ1) is 9.75. The molecule has 6 heteroatoms. The van der Waals surface area contributed by atoms with Crippen molar-refractivity contribution in [2.45, 2.75) is 0 Å². The van der Waals surface area contributed by atoms with Gasteiger partial charge in [-0.25, -0.2) is 0 Å². The summed E-state index contributed by atoms with van der Waals surface area (Å²) >= 11 is 12.0. The van der Waals surface area contributed by atoms with Crippen LogP contribution in [0.2, 0.25) is 10.0 Å². The quantitative estimate of drug-likeness (QED) is 0.559. The summed E-state index contributed by atoms with van der Waals surface area (Å²) in [6, 6.07) is 8.00. The zero-order chi connectivity index (χ0) is 13.9. The molecule has 100 valence electrons. The molecule has 3 aromatic rings. The highest BCUT2D eigenvalue weighted by Crippen LogP contribution is 2.28. The molecule has 0 saturated carbocycles. The predicted molar refractivity (Wildman–Crippen MR) is 83.8 cm³/mol. The van der Waals surface area contributed by atoms with E-state index in [0.717, 1.165) is 16.5 Å². The minimum atomic E-state index is 0.425. The van der Waals surface area contributed by atoms with E-state index in [0.29, 0.717) is 15.7 Å². The van der Waals surface area contributed by atoms with E-state index in [9.17, 15) is 0 Å². The second-order valence-electron chi connectivity index (χ2n) is 4.14. The van der Waals surface area contributed by atoms with Crippen LogP contribution in [0.3, 0.4) is 0 Å². The zero-order valence-electron chi connectivity index (χ0n) is 10.3. The number of nitrogens with one attached hydrogen (secondary N) is 2. The third kappa shape index (κ3) is 2.48. The van der Waals surface area contributed by atoms with Gasteiger partial charge in [-0.05, 0) is 6.07 Å². The van der Waals surface area contributed by atoms with Gasteiger partial charge in [0.15, 0.2) is 0 Å². The topological polar surface area (TPSA) is 53.1 Å². The van der Waals surface area contributed by atoms with Gasteiger partial charge in [-0.1, -0.05) is 41.4 Å². The molecule has 0 spiro atoms. The van der Waals surface area contributed by atoms with Gasteiger partial charge < -0.3 is 4.98 Å². The van der Waals surface area contributed by atoms with Crippen molar-refractivity contribution in [1.29, 1.82) is 0 Å². The summed E-state index contributed by atoms with van der Waals surface area (Å²) in [6.07, 6.45) is 6.63. The number of anilines is 1. The molecular weight excluding hydrogens is 295 g/mol. The Morgan fingerprint density at radius 2 is 1.90 bits per heavy atom. The number of hydrogen-bond donors (Lipinski definition) is 2. The second kappa shape index (κ2) is 5.53. The van der Waals surface area contributed by atoms with Crippen molar-refractivity contribution >= 4 is 46.0 Å². The normalized spacial score (nSPS) is 11.3. The van der Waals surface area contributed by atoms with E-state index >= 15 is 0 Å². The molecule has 0 unspecified atom stereocenters. The minimum Gasteiger partial charge on any atom is -0.361 e. The fourth-order valence-electron chi connectivity index (χ4n) is 1.89. The summed E-state index contributed by atoms with van der Waals surface area (Å²) in [5.74, 6) is 0. The van der Waals surface area contributed by atoms with Gasteiger partial charge in [0.2, 0.25) is 0 Å². The largest absolute Gasteiger partial charge is 0.361 e. The van der Waals surface area contributed by atoms with Gasteiger partial charge in [0, 0.05) is 35.1 Å². The van der Waals surface area contributed by atoms with Crippen LogP contribution in [0, 0.1) is 0 Å². The SMILES string of the molecule is Clc1cncc(Cl)c1N/N=C\c1c[nH]c2ccccc12. The van der Waals surface area contributed by atoms with Crippen molar-refractivity contribution in [3.05, 3.63) is 58.5 Å². The summed E-state index contributed by atoms with van der Waals surface area (Å²) in [5, 5.41) is 6.12. The third-order valence-corrected chi connectivity index (χ3v) is 3.43. The van der Waals surface area contributed by atoms with Gasteiger partial charge in [-0.2, -0.15) is 5.10 Å². The van der Waals surface area contributed by atoms with Gasteiger partial charge >= 0.3 is 0 Å². The van der Waals surface area contributed by atoms with Crippen LogP contribution in [0.5, 0.6) is 0 Å². The van der Waals surface area contributed by atoms with Gasteiger partial charge in [0.1, 0.15) is 0 Å². The fourth-order valence-corrected chi connectivity index (χ4v) is 2.33. The molecule has 0 bridgehead atoms. The number of pyridine rings is 1. The summed E-state index contributed by atoms with van der Waals surface area (Å²) < 4.78 is 0. The Balaban J connectivity index is 1.85. The maximum Gasteiger partial charge on any atom is 0.0965 e. The van der Waals surface area contributed by atoms with Crippen molar-refractivity contribution in [2.24, 2.45) is 5.10 Å². The molecule has 4 nitrogen and oxygen atoms in total. The van der Waals surface area contributed by atoms with Gasteiger partial charge in [0.05, 0.1) is 21.9 Å². The number of H-pyrrole nitrogens is 1. The van der Waals surface area contributed by atoms with Gasteiger partial charge in [-0.3, -0.25) is 10.4 Å². The molecule has 0 amide bonds. The molecule has 20 heavy (non-hydrogen) atoms. The van der Waals surface area contributed by atoms with Crippen LogP contribution in [0.4, 0.5) is 5.69 Å². The summed E-state index contributed by atoms with van der Waals surface area (Å²) in [6.45, 7) is 0. The monoisotopic (exact) mass is 304 g/mol. The lowest BCUT2D eigenvalue weighted by Crippen LogP contribution is -1.93. The van der Waals surface area contributed by atoms with E-state index in [1.165, 1.54) is 12.4 Å². The Labute approximate surface area is 125 Å². The summed E-state index contributed by atoms with van der Waals surface area (Å²) in [7, 11) is 0. The molecular formula is C14H10Cl2N4. The number of rotatable bonds is 3. The number of hydrogen-bond acceptors (Lipinski definition) is 3. The molecule has 3 rings (SSSR count). The minimum absolute atomic E-state index is 0.425. The Kier molecular flexibility index (Phi) is 3.58. The van der Waals surface area contributed by atoms with Gasteiger partial charge in [0.25, 0.3) is 0 Å². The Bertz CT molecular complexity index is 759. The maximum atomic E-state index is 6.00. The highest BCUT2D eigenvalue weighted by molar-refractivity contribution is 6.38. The smallest absolute Gasteiger partial charge is 0.0965 e.